The van der Waals surface area contributed by atoms with E-state index in [2.05, 4.69) is 58.3 Å². The van der Waals surface area contributed by atoms with Crippen molar-refractivity contribution in [1.82, 2.24) is 14.9 Å². The van der Waals surface area contributed by atoms with Crippen LogP contribution in [0.15, 0.2) is 42.9 Å². The van der Waals surface area contributed by atoms with Gasteiger partial charge in [-0.05, 0) is 24.7 Å². The van der Waals surface area contributed by atoms with Gasteiger partial charge in [0.25, 0.3) is 0 Å². The minimum absolute atomic E-state index is 0.698. The highest BCUT2D eigenvalue weighted by Crippen LogP contribution is 2.17. The molecule has 4 nitrogen and oxygen atoms in total. The molecule has 1 heterocycles. The Bertz CT molecular complexity index is 509. The van der Waals surface area contributed by atoms with E-state index in [0.717, 1.165) is 25.3 Å². The van der Waals surface area contributed by atoms with E-state index in [0.29, 0.717) is 6.54 Å². The molecule has 4 heteroatoms. The Morgan fingerprint density at radius 2 is 1.90 bits per heavy atom. The largest absolute Gasteiger partial charge is 0.379 e. The first-order valence-corrected chi connectivity index (χ1v) is 7.12. The predicted octanol–water partition coefficient (Wildman–Crippen LogP) is 2.93. The summed E-state index contributed by atoms with van der Waals surface area (Å²) in [6, 6.07) is 8.45. The molecular weight excluding hydrogens is 248 g/mol. The van der Waals surface area contributed by atoms with Gasteiger partial charge in [-0.3, -0.25) is 14.9 Å². The second-order valence-corrected chi connectivity index (χ2v) is 4.67. The molecule has 0 aliphatic carbocycles. The van der Waals surface area contributed by atoms with Crippen molar-refractivity contribution in [3.05, 3.63) is 54.1 Å². The molecule has 1 aromatic heterocycles. The van der Waals surface area contributed by atoms with E-state index in [1.807, 2.05) is 0 Å². The van der Waals surface area contributed by atoms with Gasteiger partial charge < -0.3 is 5.32 Å². The van der Waals surface area contributed by atoms with Crippen LogP contribution < -0.4 is 5.32 Å². The fourth-order valence-electron chi connectivity index (χ4n) is 2.13. The summed E-state index contributed by atoms with van der Waals surface area (Å²) < 4.78 is 0. The summed E-state index contributed by atoms with van der Waals surface area (Å²) in [4.78, 5) is 10.8. The zero-order valence-electron chi connectivity index (χ0n) is 12.2. The first-order valence-electron chi connectivity index (χ1n) is 7.12. The Labute approximate surface area is 120 Å². The van der Waals surface area contributed by atoms with Crippen molar-refractivity contribution in [3.8, 4) is 0 Å². The molecule has 0 spiro atoms. The van der Waals surface area contributed by atoms with Gasteiger partial charge >= 0.3 is 0 Å². The fraction of sp³-hybridized carbons (Fsp3) is 0.375. The number of anilines is 1. The normalized spacial score (nSPS) is 10.8. The maximum absolute atomic E-state index is 4.28. The van der Waals surface area contributed by atoms with Crippen molar-refractivity contribution in [2.24, 2.45) is 0 Å². The second-order valence-electron chi connectivity index (χ2n) is 4.67. The summed E-state index contributed by atoms with van der Waals surface area (Å²) in [6.45, 7) is 8.18. The summed E-state index contributed by atoms with van der Waals surface area (Å²) in [5, 5.41) is 3.45. The van der Waals surface area contributed by atoms with Gasteiger partial charge in [-0.1, -0.05) is 32.0 Å². The average molecular weight is 270 g/mol. The monoisotopic (exact) mass is 270 g/mol. The highest BCUT2D eigenvalue weighted by molar-refractivity contribution is 5.51. The lowest BCUT2D eigenvalue weighted by Crippen LogP contribution is -2.22. The first kappa shape index (κ1) is 14.5. The summed E-state index contributed by atoms with van der Waals surface area (Å²) in [6.07, 6.45) is 5.21. The van der Waals surface area contributed by atoms with E-state index in [1.165, 1.54) is 11.3 Å². The van der Waals surface area contributed by atoms with Crippen LogP contribution in [0.1, 0.15) is 25.1 Å². The maximum Gasteiger partial charge on any atom is 0.0777 e. The van der Waals surface area contributed by atoms with Gasteiger partial charge in [0, 0.05) is 24.6 Å². The minimum atomic E-state index is 0.698. The van der Waals surface area contributed by atoms with Gasteiger partial charge in [0.15, 0.2) is 0 Å². The molecule has 0 amide bonds. The van der Waals surface area contributed by atoms with Crippen LogP contribution >= 0.6 is 0 Å². The number of nitrogens with one attached hydrogen (secondary N) is 1. The number of hydrogen-bond donors (Lipinski definition) is 1. The minimum Gasteiger partial charge on any atom is -0.379 e. The van der Waals surface area contributed by atoms with Crippen molar-refractivity contribution in [2.45, 2.75) is 26.9 Å². The van der Waals surface area contributed by atoms with Crippen molar-refractivity contribution >= 4 is 5.69 Å². The van der Waals surface area contributed by atoms with E-state index in [1.54, 1.807) is 18.6 Å². The highest BCUT2D eigenvalue weighted by atomic mass is 15.1. The molecule has 0 atom stereocenters. The number of rotatable bonds is 7. The van der Waals surface area contributed by atoms with Crippen molar-refractivity contribution in [3.63, 3.8) is 0 Å². The van der Waals surface area contributed by atoms with Crippen LogP contribution in [0.2, 0.25) is 0 Å². The zero-order chi connectivity index (χ0) is 14.2. The number of benzene rings is 1. The molecule has 20 heavy (non-hydrogen) atoms. The number of para-hydroxylation sites is 1. The standard InChI is InChI=1S/C16H22N4/c1-3-20(4-2)13-14-7-5-6-8-16(14)19-12-15-11-17-9-10-18-15/h5-11,19H,3-4,12-13H2,1-2H3. The van der Waals surface area contributed by atoms with E-state index in [-0.39, 0.29) is 0 Å². The van der Waals surface area contributed by atoms with Gasteiger partial charge in [0.2, 0.25) is 0 Å². The van der Waals surface area contributed by atoms with E-state index < -0.39 is 0 Å². The van der Waals surface area contributed by atoms with Crippen LogP contribution in [-0.2, 0) is 13.1 Å². The molecule has 1 aromatic carbocycles. The summed E-state index contributed by atoms with van der Waals surface area (Å²) in [5.41, 5.74) is 3.44. The molecule has 0 saturated carbocycles. The third kappa shape index (κ3) is 4.03. The van der Waals surface area contributed by atoms with Crippen LogP contribution in [0, 0.1) is 0 Å². The zero-order valence-corrected chi connectivity index (χ0v) is 12.2. The second kappa shape index (κ2) is 7.60. The van der Waals surface area contributed by atoms with Crippen LogP contribution in [0.4, 0.5) is 5.69 Å². The molecule has 0 unspecified atom stereocenters. The van der Waals surface area contributed by atoms with Crippen LogP contribution in [-0.4, -0.2) is 28.0 Å². The molecule has 0 aliphatic heterocycles. The van der Waals surface area contributed by atoms with Crippen LogP contribution in [0.3, 0.4) is 0 Å². The number of hydrogen-bond acceptors (Lipinski definition) is 4. The van der Waals surface area contributed by atoms with Gasteiger partial charge in [0.05, 0.1) is 18.4 Å². The van der Waals surface area contributed by atoms with Crippen LogP contribution in [0.25, 0.3) is 0 Å². The number of nitrogens with zero attached hydrogens (tertiary/aromatic N) is 3. The third-order valence-electron chi connectivity index (χ3n) is 3.38. The van der Waals surface area contributed by atoms with Gasteiger partial charge in [-0.15, -0.1) is 0 Å². The summed E-state index contributed by atoms with van der Waals surface area (Å²) in [5.74, 6) is 0. The smallest absolute Gasteiger partial charge is 0.0777 e. The lowest BCUT2D eigenvalue weighted by Gasteiger charge is -2.20. The molecule has 0 radical (unpaired) electrons. The molecule has 0 bridgehead atoms. The Kier molecular flexibility index (Phi) is 5.50. The van der Waals surface area contributed by atoms with E-state index in [9.17, 15) is 0 Å². The lowest BCUT2D eigenvalue weighted by atomic mass is 10.1. The summed E-state index contributed by atoms with van der Waals surface area (Å²) in [7, 11) is 0. The lowest BCUT2D eigenvalue weighted by molar-refractivity contribution is 0.296. The molecule has 0 saturated heterocycles. The van der Waals surface area contributed by atoms with E-state index >= 15 is 0 Å². The predicted molar refractivity (Wildman–Crippen MR) is 82.4 cm³/mol. The number of aromatic nitrogens is 2. The van der Waals surface area contributed by atoms with Crippen molar-refractivity contribution < 1.29 is 0 Å². The molecule has 1 N–H and O–H groups in total. The maximum atomic E-state index is 4.28. The molecular formula is C16H22N4. The van der Waals surface area contributed by atoms with Crippen LogP contribution in [0.5, 0.6) is 0 Å². The quantitative estimate of drug-likeness (QED) is 0.840. The van der Waals surface area contributed by atoms with Gasteiger partial charge in [-0.25, -0.2) is 0 Å². The molecule has 0 aliphatic rings. The SMILES string of the molecule is CCN(CC)Cc1ccccc1NCc1cnccn1. The molecule has 0 fully saturated rings. The van der Waals surface area contributed by atoms with Crippen molar-refractivity contribution in [1.29, 1.82) is 0 Å². The third-order valence-corrected chi connectivity index (χ3v) is 3.38. The average Bonchev–Trinajstić information content (AvgIpc) is 2.52. The molecule has 2 rings (SSSR count). The Morgan fingerprint density at radius 1 is 1.10 bits per heavy atom. The van der Waals surface area contributed by atoms with Crippen molar-refractivity contribution in [2.75, 3.05) is 18.4 Å². The summed E-state index contributed by atoms with van der Waals surface area (Å²) >= 11 is 0. The Balaban J connectivity index is 2.04. The van der Waals surface area contributed by atoms with Gasteiger partial charge in [-0.2, -0.15) is 0 Å². The Hall–Kier alpha value is -1.94. The topological polar surface area (TPSA) is 41.0 Å². The fourth-order valence-corrected chi connectivity index (χ4v) is 2.13. The Morgan fingerprint density at radius 3 is 2.60 bits per heavy atom. The molecule has 106 valence electrons. The van der Waals surface area contributed by atoms with Gasteiger partial charge in [0.1, 0.15) is 0 Å². The highest BCUT2D eigenvalue weighted by Gasteiger charge is 2.06. The first-order chi connectivity index (χ1) is 9.83. The molecule has 2 aromatic rings. The van der Waals surface area contributed by atoms with E-state index in [4.69, 9.17) is 0 Å².